The molecule has 1 aromatic rings. The maximum Gasteiger partial charge on any atom is 0.256 e. The molecule has 4 heteroatoms. The van der Waals surface area contributed by atoms with Crippen molar-refractivity contribution in [2.45, 2.75) is 45.8 Å². The summed E-state index contributed by atoms with van der Waals surface area (Å²) in [6, 6.07) is 8.16. The van der Waals surface area contributed by atoms with Crippen LogP contribution >= 0.6 is 0 Å². The van der Waals surface area contributed by atoms with E-state index in [9.17, 15) is 4.79 Å². The number of hydrogen-bond donors (Lipinski definition) is 2. The predicted molar refractivity (Wildman–Crippen MR) is 82.9 cm³/mol. The van der Waals surface area contributed by atoms with Crippen LogP contribution in [0.3, 0.4) is 0 Å². The fourth-order valence-corrected chi connectivity index (χ4v) is 1.97. The van der Waals surface area contributed by atoms with E-state index in [1.807, 2.05) is 25.1 Å². The first-order valence-corrected chi connectivity index (χ1v) is 7.16. The first-order chi connectivity index (χ1) is 9.46. The lowest BCUT2D eigenvalue weighted by molar-refractivity contribution is -0.136. The summed E-state index contributed by atoms with van der Waals surface area (Å²) in [7, 11) is 1.56. The Morgan fingerprint density at radius 3 is 2.65 bits per heavy atom. The third kappa shape index (κ3) is 4.05. The normalized spacial score (nSPS) is 15.4. The van der Waals surface area contributed by atoms with Crippen LogP contribution in [0.5, 0.6) is 0 Å². The molecule has 20 heavy (non-hydrogen) atoms. The third-order valence-electron chi connectivity index (χ3n) is 3.76. The van der Waals surface area contributed by atoms with Gasteiger partial charge in [0.1, 0.15) is 5.60 Å². The van der Waals surface area contributed by atoms with E-state index in [1.165, 1.54) is 0 Å². The Morgan fingerprint density at radius 2 is 2.10 bits per heavy atom. The third-order valence-corrected chi connectivity index (χ3v) is 3.76. The van der Waals surface area contributed by atoms with Crippen LogP contribution in [0.4, 0.5) is 5.69 Å². The Hall–Kier alpha value is -1.39. The molecule has 1 rings (SSSR count). The molecular weight excluding hydrogens is 252 g/mol. The molecule has 112 valence electrons. The largest absolute Gasteiger partial charge is 0.369 e. The van der Waals surface area contributed by atoms with Crippen LogP contribution in [0.1, 0.15) is 45.7 Å². The molecule has 0 saturated heterocycles. The van der Waals surface area contributed by atoms with E-state index in [2.05, 4.69) is 30.5 Å². The molecule has 0 saturated carbocycles. The number of anilines is 1. The van der Waals surface area contributed by atoms with E-state index in [4.69, 9.17) is 4.74 Å². The van der Waals surface area contributed by atoms with Crippen LogP contribution in [0.25, 0.3) is 0 Å². The molecule has 0 aliphatic heterocycles. The van der Waals surface area contributed by atoms with Crippen LogP contribution < -0.4 is 10.6 Å². The van der Waals surface area contributed by atoms with Gasteiger partial charge in [-0.05, 0) is 44.5 Å². The summed E-state index contributed by atoms with van der Waals surface area (Å²) in [6.07, 6.45) is 0.628. The van der Waals surface area contributed by atoms with Crippen LogP contribution in [-0.4, -0.2) is 25.2 Å². The van der Waals surface area contributed by atoms with Crippen molar-refractivity contribution >= 4 is 11.6 Å². The zero-order valence-corrected chi connectivity index (χ0v) is 13.1. The summed E-state index contributed by atoms with van der Waals surface area (Å²) < 4.78 is 5.31. The number of ether oxygens (including phenoxy) is 1. The van der Waals surface area contributed by atoms with E-state index >= 15 is 0 Å². The molecule has 0 radical (unpaired) electrons. The molecule has 2 atom stereocenters. The Morgan fingerprint density at radius 1 is 1.40 bits per heavy atom. The van der Waals surface area contributed by atoms with Gasteiger partial charge in [-0.25, -0.2) is 0 Å². The van der Waals surface area contributed by atoms with Gasteiger partial charge in [0.25, 0.3) is 5.91 Å². The minimum absolute atomic E-state index is 0.115. The van der Waals surface area contributed by atoms with Crippen LogP contribution in [0, 0.1) is 0 Å². The number of benzene rings is 1. The highest BCUT2D eigenvalue weighted by Gasteiger charge is 2.30. The van der Waals surface area contributed by atoms with Crippen molar-refractivity contribution in [1.82, 2.24) is 5.32 Å². The second-order valence-corrected chi connectivity index (χ2v) is 5.15. The van der Waals surface area contributed by atoms with Gasteiger partial charge in [0.15, 0.2) is 0 Å². The van der Waals surface area contributed by atoms with Gasteiger partial charge in [-0.2, -0.15) is 0 Å². The summed E-state index contributed by atoms with van der Waals surface area (Å²) in [5.41, 5.74) is 1.16. The SMILES string of the molecule is CCNC(C)c1cccc(NC(=O)C(C)(CC)OC)c1. The minimum atomic E-state index is -0.788. The van der Waals surface area contributed by atoms with Gasteiger partial charge in [-0.1, -0.05) is 26.0 Å². The predicted octanol–water partition coefficient (Wildman–Crippen LogP) is 3.11. The summed E-state index contributed by atoms with van der Waals surface area (Å²) in [5.74, 6) is -0.115. The molecule has 0 aliphatic rings. The summed E-state index contributed by atoms with van der Waals surface area (Å²) in [4.78, 5) is 12.3. The molecule has 0 fully saturated rings. The Balaban J connectivity index is 2.83. The smallest absolute Gasteiger partial charge is 0.256 e. The molecule has 0 aliphatic carbocycles. The van der Waals surface area contributed by atoms with Crippen molar-refractivity contribution in [2.75, 3.05) is 19.0 Å². The van der Waals surface area contributed by atoms with E-state index < -0.39 is 5.60 Å². The van der Waals surface area contributed by atoms with Crippen LogP contribution in [0.2, 0.25) is 0 Å². The highest BCUT2D eigenvalue weighted by Crippen LogP contribution is 2.20. The van der Waals surface area contributed by atoms with Crippen molar-refractivity contribution in [3.8, 4) is 0 Å². The lowest BCUT2D eigenvalue weighted by atomic mass is 10.0. The minimum Gasteiger partial charge on any atom is -0.369 e. The van der Waals surface area contributed by atoms with Crippen molar-refractivity contribution in [1.29, 1.82) is 0 Å². The van der Waals surface area contributed by atoms with Gasteiger partial charge < -0.3 is 15.4 Å². The molecule has 4 nitrogen and oxygen atoms in total. The highest BCUT2D eigenvalue weighted by atomic mass is 16.5. The monoisotopic (exact) mass is 278 g/mol. The molecule has 2 unspecified atom stereocenters. The van der Waals surface area contributed by atoms with Crippen molar-refractivity contribution in [3.63, 3.8) is 0 Å². The molecule has 0 bridgehead atoms. The lowest BCUT2D eigenvalue weighted by Gasteiger charge is -2.25. The van der Waals surface area contributed by atoms with Gasteiger partial charge in [0, 0.05) is 18.8 Å². The molecule has 1 aromatic carbocycles. The van der Waals surface area contributed by atoms with Crippen LogP contribution in [-0.2, 0) is 9.53 Å². The fourth-order valence-electron chi connectivity index (χ4n) is 1.97. The number of nitrogens with one attached hydrogen (secondary N) is 2. The molecule has 2 N–H and O–H groups in total. The molecule has 1 amide bonds. The van der Waals surface area contributed by atoms with E-state index in [-0.39, 0.29) is 11.9 Å². The quantitative estimate of drug-likeness (QED) is 0.805. The number of carbonyl (C=O) groups is 1. The van der Waals surface area contributed by atoms with Crippen molar-refractivity contribution in [3.05, 3.63) is 29.8 Å². The van der Waals surface area contributed by atoms with Gasteiger partial charge in [-0.3, -0.25) is 4.79 Å². The van der Waals surface area contributed by atoms with Gasteiger partial charge in [0.05, 0.1) is 0 Å². The van der Waals surface area contributed by atoms with E-state index in [0.29, 0.717) is 6.42 Å². The van der Waals surface area contributed by atoms with Crippen LogP contribution in [0.15, 0.2) is 24.3 Å². The number of rotatable bonds is 7. The summed E-state index contributed by atoms with van der Waals surface area (Å²) >= 11 is 0. The van der Waals surface area contributed by atoms with E-state index in [0.717, 1.165) is 17.8 Å². The maximum absolute atomic E-state index is 12.3. The Kier molecular flexibility index (Phi) is 6.17. The first kappa shape index (κ1) is 16.7. The molecule has 0 heterocycles. The average molecular weight is 278 g/mol. The van der Waals surface area contributed by atoms with Gasteiger partial charge >= 0.3 is 0 Å². The number of hydrogen-bond acceptors (Lipinski definition) is 3. The Bertz CT molecular complexity index is 442. The van der Waals surface area contributed by atoms with E-state index in [1.54, 1.807) is 14.0 Å². The standard InChI is InChI=1S/C16H26N2O2/c1-6-16(4,20-5)15(19)18-14-10-8-9-13(11-14)12(3)17-7-2/h8-12,17H,6-7H2,1-5H3,(H,18,19). The summed E-state index contributed by atoms with van der Waals surface area (Å²) in [6.45, 7) is 8.83. The number of amides is 1. The number of carbonyl (C=O) groups excluding carboxylic acids is 1. The van der Waals surface area contributed by atoms with Gasteiger partial charge in [0.2, 0.25) is 0 Å². The second-order valence-electron chi connectivity index (χ2n) is 5.15. The zero-order chi connectivity index (χ0) is 15.2. The highest BCUT2D eigenvalue weighted by molar-refractivity contribution is 5.97. The fraction of sp³-hybridized carbons (Fsp3) is 0.562. The molecule has 0 spiro atoms. The van der Waals surface area contributed by atoms with Gasteiger partial charge in [-0.15, -0.1) is 0 Å². The Labute approximate surface area is 121 Å². The first-order valence-electron chi connectivity index (χ1n) is 7.16. The molecular formula is C16H26N2O2. The van der Waals surface area contributed by atoms with Crippen molar-refractivity contribution in [2.24, 2.45) is 0 Å². The number of methoxy groups -OCH3 is 1. The summed E-state index contributed by atoms with van der Waals surface area (Å²) in [5, 5.41) is 6.29. The molecule has 0 aromatic heterocycles. The van der Waals surface area contributed by atoms with Crippen molar-refractivity contribution < 1.29 is 9.53 Å². The lowest BCUT2D eigenvalue weighted by Crippen LogP contribution is -2.41. The maximum atomic E-state index is 12.3. The second kappa shape index (κ2) is 7.41. The topological polar surface area (TPSA) is 50.4 Å². The zero-order valence-electron chi connectivity index (χ0n) is 13.1. The average Bonchev–Trinajstić information content (AvgIpc) is 2.46.